The van der Waals surface area contributed by atoms with Gasteiger partial charge in [0.1, 0.15) is 5.82 Å². The predicted octanol–water partition coefficient (Wildman–Crippen LogP) is 4.91. The second kappa shape index (κ2) is 12.4. The number of likely N-dealkylation sites (tertiary alicyclic amines) is 1. The molecule has 0 spiro atoms. The number of para-hydroxylation sites is 1. The highest BCUT2D eigenvalue weighted by Crippen LogP contribution is 2.24. The molecule has 8 heteroatoms. The second-order valence-corrected chi connectivity index (χ2v) is 10.4. The number of amides is 2. The topological polar surface area (TPSA) is 59.6 Å². The number of fused-ring (bicyclic) bond motifs is 1. The summed E-state index contributed by atoms with van der Waals surface area (Å²) in [5.74, 6) is -0.194. The highest BCUT2D eigenvalue weighted by atomic mass is 32.1. The van der Waals surface area contributed by atoms with Gasteiger partial charge in [0, 0.05) is 37.9 Å². The summed E-state index contributed by atoms with van der Waals surface area (Å²) in [5, 5.41) is 10.1. The zero-order chi connectivity index (χ0) is 26.3. The van der Waals surface area contributed by atoms with Crippen molar-refractivity contribution in [1.29, 1.82) is 0 Å². The molecule has 2 heterocycles. The number of nitrogens with zero attached hydrogens (tertiary/aromatic N) is 2. The first-order chi connectivity index (χ1) is 18.5. The van der Waals surface area contributed by atoms with Crippen molar-refractivity contribution in [1.82, 2.24) is 20.4 Å². The molecule has 1 saturated heterocycles. The first-order valence-corrected chi connectivity index (χ1v) is 13.7. The fraction of sp³-hybridized carbons (Fsp3) is 0.333. The van der Waals surface area contributed by atoms with E-state index < -0.39 is 0 Å². The normalized spacial score (nSPS) is 19.0. The molecule has 2 aliphatic heterocycles. The Labute approximate surface area is 229 Å². The summed E-state index contributed by atoms with van der Waals surface area (Å²) < 4.78 is 13.7. The molecule has 0 aliphatic carbocycles. The lowest BCUT2D eigenvalue weighted by Crippen LogP contribution is -2.54. The molecule has 0 aromatic heterocycles. The third-order valence-corrected chi connectivity index (χ3v) is 7.79. The molecule has 2 aliphatic rings. The Balaban J connectivity index is 1.20. The second-order valence-electron chi connectivity index (χ2n) is 10.0. The van der Waals surface area contributed by atoms with E-state index in [-0.39, 0.29) is 17.9 Å². The van der Waals surface area contributed by atoms with Gasteiger partial charge in [0.05, 0.1) is 6.04 Å². The molecule has 1 fully saturated rings. The maximum absolute atomic E-state index is 13.7. The van der Waals surface area contributed by atoms with Gasteiger partial charge in [0.15, 0.2) is 5.11 Å². The number of nitrogens with one attached hydrogen (secondary N) is 3. The first kappa shape index (κ1) is 26.1. The van der Waals surface area contributed by atoms with Crippen molar-refractivity contribution >= 4 is 29.0 Å². The van der Waals surface area contributed by atoms with E-state index >= 15 is 0 Å². The smallest absolute Gasteiger partial charge is 0.319 e. The zero-order valence-electron chi connectivity index (χ0n) is 21.4. The van der Waals surface area contributed by atoms with Gasteiger partial charge in [-0.05, 0) is 79.0 Å². The highest BCUT2D eigenvalue weighted by molar-refractivity contribution is 7.80. The van der Waals surface area contributed by atoms with Crippen LogP contribution in [0.4, 0.5) is 14.9 Å². The Morgan fingerprint density at radius 1 is 0.921 bits per heavy atom. The van der Waals surface area contributed by atoms with Gasteiger partial charge in [-0.3, -0.25) is 4.90 Å². The van der Waals surface area contributed by atoms with E-state index in [4.69, 9.17) is 12.2 Å². The van der Waals surface area contributed by atoms with Gasteiger partial charge in [-0.2, -0.15) is 0 Å². The van der Waals surface area contributed by atoms with Gasteiger partial charge >= 0.3 is 6.03 Å². The molecule has 6 nitrogen and oxygen atoms in total. The van der Waals surface area contributed by atoms with Gasteiger partial charge in [-0.15, -0.1) is 0 Å². The number of benzene rings is 3. The Morgan fingerprint density at radius 2 is 1.68 bits per heavy atom. The number of rotatable bonds is 7. The van der Waals surface area contributed by atoms with Crippen LogP contribution >= 0.6 is 12.2 Å². The predicted molar refractivity (Wildman–Crippen MR) is 153 cm³/mol. The molecular weight excluding hydrogens is 497 g/mol. The van der Waals surface area contributed by atoms with Crippen LogP contribution in [0.15, 0.2) is 78.9 Å². The summed E-state index contributed by atoms with van der Waals surface area (Å²) in [4.78, 5) is 17.2. The summed E-state index contributed by atoms with van der Waals surface area (Å²) in [6.45, 7) is 3.64. The van der Waals surface area contributed by atoms with Crippen LogP contribution in [0.5, 0.6) is 0 Å². The van der Waals surface area contributed by atoms with Gasteiger partial charge in [0.25, 0.3) is 0 Å². The van der Waals surface area contributed by atoms with Crippen LogP contribution in [0.3, 0.4) is 0 Å². The molecule has 2 amide bonds. The van der Waals surface area contributed by atoms with Crippen LogP contribution in [0.25, 0.3) is 0 Å². The van der Waals surface area contributed by atoms with Gasteiger partial charge < -0.3 is 20.9 Å². The Hall–Kier alpha value is -3.49. The minimum atomic E-state index is -0.229. The molecule has 2 atom stereocenters. The number of hydrogen-bond donors (Lipinski definition) is 3. The van der Waals surface area contributed by atoms with Crippen molar-refractivity contribution in [2.24, 2.45) is 0 Å². The van der Waals surface area contributed by atoms with E-state index in [9.17, 15) is 9.18 Å². The molecule has 0 unspecified atom stereocenters. The lowest BCUT2D eigenvalue weighted by Gasteiger charge is -2.39. The minimum absolute atomic E-state index is 0.0402. The van der Waals surface area contributed by atoms with Crippen molar-refractivity contribution in [3.8, 4) is 0 Å². The standard InChI is InChI=1S/C30H34FN5OS/c31-25-11-6-8-22(16-25)20-35-15-7-14-27(35)18-33-30(38)36-21-24-10-5-4-9-23(24)17-28(36)19-32-29(37)34-26-12-2-1-3-13-26/h1-6,8-13,16,27-28H,7,14-15,17-21H2,(H,33,38)(H2,32,34,37)/t27-,28+/m1/s1. The maximum atomic E-state index is 13.7. The van der Waals surface area contributed by atoms with Crippen LogP contribution in [0.2, 0.25) is 0 Å². The molecule has 3 aromatic rings. The van der Waals surface area contributed by atoms with Crippen LogP contribution < -0.4 is 16.0 Å². The monoisotopic (exact) mass is 531 g/mol. The number of carbonyl (C=O) groups excluding carboxylic acids is 1. The summed E-state index contributed by atoms with van der Waals surface area (Å²) in [5.41, 5.74) is 4.30. The van der Waals surface area contributed by atoms with Gasteiger partial charge in [-0.1, -0.05) is 54.6 Å². The van der Waals surface area contributed by atoms with Gasteiger partial charge in [0.2, 0.25) is 0 Å². The molecule has 3 N–H and O–H groups in total. The van der Waals surface area contributed by atoms with Crippen molar-refractivity contribution in [2.45, 2.75) is 44.4 Å². The lowest BCUT2D eigenvalue weighted by atomic mass is 9.94. The third-order valence-electron chi connectivity index (χ3n) is 7.41. The molecule has 0 saturated carbocycles. The Morgan fingerprint density at radius 3 is 2.50 bits per heavy atom. The van der Waals surface area contributed by atoms with E-state index in [1.54, 1.807) is 12.1 Å². The molecule has 3 aromatic carbocycles. The first-order valence-electron chi connectivity index (χ1n) is 13.2. The largest absolute Gasteiger partial charge is 0.361 e. The maximum Gasteiger partial charge on any atom is 0.319 e. The third kappa shape index (κ3) is 6.68. The van der Waals surface area contributed by atoms with Crippen molar-refractivity contribution in [2.75, 3.05) is 25.0 Å². The molecule has 198 valence electrons. The van der Waals surface area contributed by atoms with Gasteiger partial charge in [-0.25, -0.2) is 9.18 Å². The van der Waals surface area contributed by atoms with Crippen molar-refractivity contribution in [3.63, 3.8) is 0 Å². The van der Waals surface area contributed by atoms with E-state index in [1.165, 1.54) is 17.2 Å². The quantitative estimate of drug-likeness (QED) is 0.378. The number of hydrogen-bond acceptors (Lipinski definition) is 3. The number of carbonyl (C=O) groups is 1. The molecule has 0 bridgehead atoms. The molecule has 38 heavy (non-hydrogen) atoms. The minimum Gasteiger partial charge on any atom is -0.361 e. The van der Waals surface area contributed by atoms with E-state index in [2.05, 4.69) is 50.0 Å². The fourth-order valence-corrected chi connectivity index (χ4v) is 5.72. The van der Waals surface area contributed by atoms with E-state index in [0.717, 1.165) is 50.1 Å². The zero-order valence-corrected chi connectivity index (χ0v) is 22.2. The number of anilines is 1. The Bertz CT molecular complexity index is 1260. The average molecular weight is 532 g/mol. The van der Waals surface area contributed by atoms with Crippen LogP contribution in [-0.4, -0.2) is 52.7 Å². The van der Waals surface area contributed by atoms with Crippen molar-refractivity contribution in [3.05, 3.63) is 101 Å². The summed E-state index contributed by atoms with van der Waals surface area (Å²) >= 11 is 5.90. The molecule has 0 radical (unpaired) electrons. The van der Waals surface area contributed by atoms with Crippen LogP contribution in [0.1, 0.15) is 29.5 Å². The van der Waals surface area contributed by atoms with Crippen molar-refractivity contribution < 1.29 is 9.18 Å². The van der Waals surface area contributed by atoms with Crippen LogP contribution in [-0.2, 0) is 19.5 Å². The molecule has 5 rings (SSSR count). The van der Waals surface area contributed by atoms with Crippen LogP contribution in [0, 0.1) is 5.82 Å². The number of halogens is 1. The Kier molecular flexibility index (Phi) is 8.51. The summed E-state index contributed by atoms with van der Waals surface area (Å²) in [7, 11) is 0. The average Bonchev–Trinajstić information content (AvgIpc) is 3.37. The summed E-state index contributed by atoms with van der Waals surface area (Å²) in [6, 6.07) is 24.8. The summed E-state index contributed by atoms with van der Waals surface area (Å²) in [6.07, 6.45) is 3.01. The van der Waals surface area contributed by atoms with E-state index in [0.29, 0.717) is 24.2 Å². The molecular formula is C30H34FN5OS. The SMILES string of the molecule is O=C(NC[C@@H]1Cc2ccccc2CN1C(=S)NC[C@H]1CCCN1Cc1cccc(F)c1)Nc1ccccc1. The highest BCUT2D eigenvalue weighted by Gasteiger charge is 2.30. The fourth-order valence-electron chi connectivity index (χ4n) is 5.43. The lowest BCUT2D eigenvalue weighted by molar-refractivity contribution is 0.232. The van der Waals surface area contributed by atoms with E-state index in [1.807, 2.05) is 36.4 Å². The number of urea groups is 1. The number of thiocarbonyl (C=S) groups is 1.